The fourth-order valence-corrected chi connectivity index (χ4v) is 18.7. The quantitative estimate of drug-likeness (QED) is 0.148. The van der Waals surface area contributed by atoms with Crippen LogP contribution in [0.4, 0.5) is 34.1 Å². The van der Waals surface area contributed by atoms with Gasteiger partial charge in [0.1, 0.15) is 0 Å². The Bertz CT molecular complexity index is 5650. The largest absolute Gasteiger partial charge is 0.311 e. The summed E-state index contributed by atoms with van der Waals surface area (Å²) in [6, 6.07) is 107. The summed E-state index contributed by atoms with van der Waals surface area (Å²) in [5.41, 5.74) is 32.3. The van der Waals surface area contributed by atoms with E-state index in [1.807, 2.05) is 0 Å². The minimum absolute atomic E-state index is 0.0844. The zero-order valence-electron chi connectivity index (χ0n) is 58.2. The molecule has 6 heteroatoms. The van der Waals surface area contributed by atoms with Crippen molar-refractivity contribution in [1.29, 1.82) is 0 Å². The smallest absolute Gasteiger partial charge is 0.252 e. The van der Waals surface area contributed by atoms with Crippen LogP contribution in [0.2, 0.25) is 0 Å². The third-order valence-corrected chi connectivity index (χ3v) is 24.2. The van der Waals surface area contributed by atoms with Crippen molar-refractivity contribution in [2.45, 2.75) is 103 Å². The number of rotatable bonds is 7. The van der Waals surface area contributed by atoms with Gasteiger partial charge in [-0.15, -0.1) is 0 Å². The Hall–Kier alpha value is -11.1. The summed E-state index contributed by atoms with van der Waals surface area (Å²) >= 11 is 0. The molecule has 0 unspecified atom stereocenters. The van der Waals surface area contributed by atoms with Gasteiger partial charge in [0.2, 0.25) is 0 Å². The lowest BCUT2D eigenvalue weighted by Crippen LogP contribution is -2.61. The number of benzene rings is 13. The highest BCUT2D eigenvalue weighted by molar-refractivity contribution is 7.00. The van der Waals surface area contributed by atoms with Gasteiger partial charge < -0.3 is 23.5 Å². The second-order valence-corrected chi connectivity index (χ2v) is 31.7. The predicted molar refractivity (Wildman–Crippen MR) is 425 cm³/mol. The van der Waals surface area contributed by atoms with E-state index in [9.17, 15) is 0 Å². The zero-order chi connectivity index (χ0) is 67.3. The van der Waals surface area contributed by atoms with E-state index in [1.54, 1.807) is 0 Å². The molecule has 3 aromatic heterocycles. The van der Waals surface area contributed by atoms with E-state index in [1.165, 1.54) is 152 Å². The molecule has 5 nitrogen and oxygen atoms in total. The third-order valence-electron chi connectivity index (χ3n) is 24.2. The molecule has 482 valence electrons. The Morgan fingerprint density at radius 1 is 0.240 bits per heavy atom. The molecule has 100 heavy (non-hydrogen) atoms. The molecular weight excluding hydrogens is 1210 g/mol. The number of para-hydroxylation sites is 6. The number of hydrogen-bond donors (Lipinski definition) is 0. The third kappa shape index (κ3) is 8.62. The van der Waals surface area contributed by atoms with Crippen molar-refractivity contribution in [3.8, 4) is 39.3 Å². The molecule has 13 aromatic carbocycles. The van der Waals surface area contributed by atoms with Crippen molar-refractivity contribution in [2.75, 3.05) is 9.80 Å². The summed E-state index contributed by atoms with van der Waals surface area (Å²) in [6.45, 7) is 19.3. The first kappa shape index (κ1) is 59.0. The van der Waals surface area contributed by atoms with E-state index in [4.69, 9.17) is 0 Å². The summed E-state index contributed by atoms with van der Waals surface area (Å²) in [7, 11) is 0. The Kier molecular flexibility index (Phi) is 12.5. The van der Waals surface area contributed by atoms with Crippen LogP contribution >= 0.6 is 0 Å². The van der Waals surface area contributed by atoms with Crippen LogP contribution in [0.1, 0.15) is 103 Å². The number of fused-ring (bicyclic) bond motifs is 15. The van der Waals surface area contributed by atoms with Gasteiger partial charge in [-0.05, 0) is 205 Å². The van der Waals surface area contributed by atoms with Crippen molar-refractivity contribution in [3.63, 3.8) is 0 Å². The molecule has 0 bridgehead atoms. The number of aromatic nitrogens is 3. The van der Waals surface area contributed by atoms with E-state index in [2.05, 4.69) is 358 Å². The fraction of sp³-hybridized carbons (Fsp3) is 0.170. The minimum Gasteiger partial charge on any atom is -0.311 e. The standard InChI is InChI=1S/C94H78BN5/c1-91(2)49-51-93(5,6)76-53-61(37-45-74(76)91)59-33-39-63(40-34-59)96-86-55-65(98-80-27-15-9-21-68(80)69-22-10-16-28-81(69)98)43-47-78(86)95-79-48-44-66(99-82-29-17-11-23-70(82)71-24-12-18-30-83(71)99)56-87(79)97(64-41-35-60(36-42-64)62-38-46-75-77(54-62)94(7,8)52-50-92(75,3)4)89-58-67(57-88(96)90(89)95)100-84-31-19-13-25-72(84)73-26-14-20-32-85(73)100/h9-48,53-58H,49-52H2,1-8H3. The molecule has 4 aliphatic rings. The maximum absolute atomic E-state index is 2.62. The molecule has 0 atom stereocenters. The molecule has 0 saturated carbocycles. The summed E-state index contributed by atoms with van der Waals surface area (Å²) in [5, 5.41) is 7.43. The fourth-order valence-electron chi connectivity index (χ4n) is 18.7. The van der Waals surface area contributed by atoms with Gasteiger partial charge in [0.15, 0.2) is 0 Å². The first-order valence-electron chi connectivity index (χ1n) is 36.1. The average Bonchev–Trinajstić information content (AvgIpc) is 0.709. The molecule has 20 rings (SSSR count). The number of hydrogen-bond acceptors (Lipinski definition) is 2. The van der Waals surface area contributed by atoms with Gasteiger partial charge in [-0.2, -0.15) is 0 Å². The molecule has 0 amide bonds. The van der Waals surface area contributed by atoms with Crippen LogP contribution in [-0.4, -0.2) is 20.4 Å². The first-order chi connectivity index (χ1) is 48.6. The van der Waals surface area contributed by atoms with Gasteiger partial charge in [-0.3, -0.25) is 0 Å². The van der Waals surface area contributed by atoms with Crippen molar-refractivity contribution >= 4 is 123 Å². The van der Waals surface area contributed by atoms with E-state index in [0.29, 0.717) is 0 Å². The minimum atomic E-state index is -0.168. The summed E-state index contributed by atoms with van der Waals surface area (Å²) in [4.78, 5) is 5.25. The number of anilines is 6. The van der Waals surface area contributed by atoms with Crippen LogP contribution in [0.3, 0.4) is 0 Å². The maximum atomic E-state index is 2.62. The van der Waals surface area contributed by atoms with Crippen molar-refractivity contribution in [3.05, 3.63) is 301 Å². The van der Waals surface area contributed by atoms with Crippen molar-refractivity contribution in [2.24, 2.45) is 0 Å². The van der Waals surface area contributed by atoms with Gasteiger partial charge in [0, 0.05) is 77.8 Å². The lowest BCUT2D eigenvalue weighted by molar-refractivity contribution is 0.332. The van der Waals surface area contributed by atoms with Crippen LogP contribution in [-0.2, 0) is 21.7 Å². The molecule has 2 aliphatic heterocycles. The topological polar surface area (TPSA) is 21.3 Å². The van der Waals surface area contributed by atoms with E-state index >= 15 is 0 Å². The summed E-state index contributed by atoms with van der Waals surface area (Å²) in [6.07, 6.45) is 4.71. The highest BCUT2D eigenvalue weighted by Crippen LogP contribution is 2.52. The molecule has 0 fully saturated rings. The van der Waals surface area contributed by atoms with Crippen LogP contribution in [0.5, 0.6) is 0 Å². The van der Waals surface area contributed by atoms with E-state index in [0.717, 1.165) is 51.2 Å². The van der Waals surface area contributed by atoms with Crippen LogP contribution in [0.25, 0.3) is 105 Å². The molecule has 0 spiro atoms. The van der Waals surface area contributed by atoms with Crippen LogP contribution in [0, 0.1) is 0 Å². The van der Waals surface area contributed by atoms with Crippen LogP contribution in [0.15, 0.2) is 279 Å². The van der Waals surface area contributed by atoms with Gasteiger partial charge in [0.25, 0.3) is 6.71 Å². The second-order valence-electron chi connectivity index (χ2n) is 31.7. The van der Waals surface area contributed by atoms with Crippen molar-refractivity contribution in [1.82, 2.24) is 13.7 Å². The van der Waals surface area contributed by atoms with Gasteiger partial charge in [-0.1, -0.05) is 237 Å². The molecule has 5 heterocycles. The SMILES string of the molecule is CC1(C)CCC(C)(C)c2cc(-c3ccc(N4c5cc(-n6c7ccccc7c7ccccc76)ccc5B5c6ccc(-n7c8ccccc8c8ccccc87)cc6N(c6ccc(-c7ccc8c(c7)C(C)(C)CCC8(C)C)cc6)c6cc(-n7c8ccccc8c8ccccc87)cc4c65)cc3)ccc21. The van der Waals surface area contributed by atoms with E-state index < -0.39 is 0 Å². The normalized spacial score (nSPS) is 16.1. The number of nitrogens with zero attached hydrogens (tertiary/aromatic N) is 5. The van der Waals surface area contributed by atoms with Gasteiger partial charge in [-0.25, -0.2) is 0 Å². The molecule has 0 radical (unpaired) electrons. The lowest BCUT2D eigenvalue weighted by Gasteiger charge is -2.44. The second kappa shape index (κ2) is 21.2. The average molecular weight is 1290 g/mol. The molecule has 0 saturated heterocycles. The Morgan fingerprint density at radius 2 is 0.510 bits per heavy atom. The Labute approximate surface area is 585 Å². The van der Waals surface area contributed by atoms with E-state index in [-0.39, 0.29) is 28.4 Å². The van der Waals surface area contributed by atoms with Crippen LogP contribution < -0.4 is 26.2 Å². The zero-order valence-corrected chi connectivity index (χ0v) is 58.2. The Balaban J connectivity index is 0.871. The first-order valence-corrected chi connectivity index (χ1v) is 36.1. The lowest BCUT2D eigenvalue weighted by atomic mass is 9.33. The molecule has 0 N–H and O–H groups in total. The highest BCUT2D eigenvalue weighted by atomic mass is 15.2. The van der Waals surface area contributed by atoms with Gasteiger partial charge in [0.05, 0.1) is 38.8 Å². The van der Waals surface area contributed by atoms with Crippen molar-refractivity contribution < 1.29 is 0 Å². The highest BCUT2D eigenvalue weighted by Gasteiger charge is 2.45. The predicted octanol–water partition coefficient (Wildman–Crippen LogP) is 23.1. The molecule has 16 aromatic rings. The molecular formula is C94H78BN5. The maximum Gasteiger partial charge on any atom is 0.252 e. The van der Waals surface area contributed by atoms with Gasteiger partial charge >= 0.3 is 0 Å². The monoisotopic (exact) mass is 1290 g/mol. The summed E-state index contributed by atoms with van der Waals surface area (Å²) in [5.74, 6) is 0. The molecule has 2 aliphatic carbocycles. The Morgan fingerprint density at radius 3 is 0.840 bits per heavy atom. The summed E-state index contributed by atoms with van der Waals surface area (Å²) < 4.78 is 7.51.